The number of anilines is 1. The first-order valence-electron chi connectivity index (χ1n) is 8.62. The molecule has 29 heavy (non-hydrogen) atoms. The Balaban J connectivity index is 1.70. The van der Waals surface area contributed by atoms with Crippen molar-refractivity contribution in [2.24, 2.45) is 10.2 Å². The quantitative estimate of drug-likeness (QED) is 0.444. The van der Waals surface area contributed by atoms with Crippen molar-refractivity contribution in [2.45, 2.75) is 18.6 Å². The molecule has 2 aromatic rings. The van der Waals surface area contributed by atoms with Gasteiger partial charge >= 0.3 is 0 Å². The lowest BCUT2D eigenvalue weighted by molar-refractivity contribution is -0.384. The third kappa shape index (κ3) is 5.48. The average molecular weight is 411 g/mol. The summed E-state index contributed by atoms with van der Waals surface area (Å²) in [6.07, 6.45) is -0.0359. The fourth-order valence-corrected chi connectivity index (χ4v) is 3.45. The first-order valence-corrected chi connectivity index (χ1v) is 9.50. The molecule has 2 amide bonds. The summed E-state index contributed by atoms with van der Waals surface area (Å²) in [5.74, 6) is -0.795. The van der Waals surface area contributed by atoms with Crippen LogP contribution in [0.15, 0.2) is 64.8 Å². The summed E-state index contributed by atoms with van der Waals surface area (Å²) in [6, 6.07) is 15.0. The van der Waals surface area contributed by atoms with Crippen LogP contribution in [0.25, 0.3) is 0 Å². The van der Waals surface area contributed by atoms with Crippen molar-refractivity contribution in [3.63, 3.8) is 0 Å². The number of thioether (sulfide) groups is 1. The van der Waals surface area contributed by atoms with Crippen molar-refractivity contribution >= 4 is 45.8 Å². The number of nitro benzene ring substituents is 1. The van der Waals surface area contributed by atoms with Crippen LogP contribution in [0.4, 0.5) is 11.4 Å². The smallest absolute Gasteiger partial charge is 0.271 e. The van der Waals surface area contributed by atoms with E-state index in [4.69, 9.17) is 0 Å². The lowest BCUT2D eigenvalue weighted by Crippen LogP contribution is -2.41. The van der Waals surface area contributed by atoms with Crippen LogP contribution in [0, 0.1) is 10.1 Å². The van der Waals surface area contributed by atoms with Gasteiger partial charge in [-0.25, -0.2) is 0 Å². The Bertz CT molecular complexity index is 1010. The molecule has 0 bridgehead atoms. The number of rotatable bonds is 5. The van der Waals surface area contributed by atoms with Gasteiger partial charge in [-0.05, 0) is 18.6 Å². The van der Waals surface area contributed by atoms with E-state index in [1.54, 1.807) is 13.0 Å². The number of nitrogens with zero attached hydrogens (tertiary/aromatic N) is 3. The maximum Gasteiger partial charge on any atom is 0.271 e. The molecular weight excluding hydrogens is 394 g/mol. The summed E-state index contributed by atoms with van der Waals surface area (Å²) in [4.78, 5) is 34.8. The highest BCUT2D eigenvalue weighted by atomic mass is 32.2. The lowest BCUT2D eigenvalue weighted by Gasteiger charge is -2.21. The molecule has 1 unspecified atom stereocenters. The highest BCUT2D eigenvalue weighted by Crippen LogP contribution is 2.24. The van der Waals surface area contributed by atoms with Gasteiger partial charge in [0.05, 0.1) is 10.6 Å². The second kappa shape index (κ2) is 9.11. The number of hydrogen-bond donors (Lipinski definition) is 2. The van der Waals surface area contributed by atoms with Gasteiger partial charge in [0.25, 0.3) is 5.69 Å². The van der Waals surface area contributed by atoms with E-state index in [2.05, 4.69) is 20.8 Å². The van der Waals surface area contributed by atoms with Crippen molar-refractivity contribution in [1.29, 1.82) is 0 Å². The maximum absolute atomic E-state index is 12.5. The molecule has 0 spiro atoms. The third-order valence-corrected chi connectivity index (χ3v) is 5.04. The van der Waals surface area contributed by atoms with E-state index >= 15 is 0 Å². The molecule has 1 saturated heterocycles. The minimum atomic E-state index is -0.728. The third-order valence-electron chi connectivity index (χ3n) is 3.97. The summed E-state index contributed by atoms with van der Waals surface area (Å²) in [6.45, 7) is 1.79. The molecule has 3 rings (SSSR count). The molecule has 1 heterocycles. The van der Waals surface area contributed by atoms with E-state index in [9.17, 15) is 19.7 Å². The van der Waals surface area contributed by atoms with Crippen molar-refractivity contribution < 1.29 is 14.5 Å². The van der Waals surface area contributed by atoms with E-state index in [0.29, 0.717) is 5.71 Å². The number of benzene rings is 2. The molecule has 0 saturated carbocycles. The molecule has 148 valence electrons. The molecule has 10 heteroatoms. The van der Waals surface area contributed by atoms with Crippen molar-refractivity contribution in [2.75, 3.05) is 5.32 Å². The zero-order valence-electron chi connectivity index (χ0n) is 15.4. The van der Waals surface area contributed by atoms with Crippen molar-refractivity contribution in [3.05, 3.63) is 70.3 Å². The highest BCUT2D eigenvalue weighted by Gasteiger charge is 2.30. The second-order valence-corrected chi connectivity index (χ2v) is 7.30. The number of amidine groups is 1. The first-order chi connectivity index (χ1) is 13.9. The minimum absolute atomic E-state index is 0.0359. The summed E-state index contributed by atoms with van der Waals surface area (Å²) >= 11 is 1.08. The maximum atomic E-state index is 12.5. The van der Waals surface area contributed by atoms with Crippen LogP contribution in [0.1, 0.15) is 18.9 Å². The van der Waals surface area contributed by atoms with Crippen molar-refractivity contribution in [1.82, 2.24) is 5.32 Å². The van der Waals surface area contributed by atoms with Gasteiger partial charge in [0, 0.05) is 24.2 Å². The molecule has 9 nitrogen and oxygen atoms in total. The molecule has 1 aliphatic heterocycles. The van der Waals surface area contributed by atoms with Gasteiger partial charge in [0.1, 0.15) is 5.25 Å². The fraction of sp³-hybridized carbons (Fsp3) is 0.158. The molecule has 2 aromatic carbocycles. The highest BCUT2D eigenvalue weighted by molar-refractivity contribution is 8.15. The summed E-state index contributed by atoms with van der Waals surface area (Å²) in [7, 11) is 0. The van der Waals surface area contributed by atoms with Crippen LogP contribution in [0.5, 0.6) is 0 Å². The van der Waals surface area contributed by atoms with Crippen LogP contribution < -0.4 is 10.6 Å². The summed E-state index contributed by atoms with van der Waals surface area (Å²) in [5, 5.41) is 23.7. The average Bonchev–Trinajstić information content (AvgIpc) is 2.72. The van der Waals surface area contributed by atoms with Crippen molar-refractivity contribution in [3.8, 4) is 0 Å². The van der Waals surface area contributed by atoms with Crippen LogP contribution >= 0.6 is 11.8 Å². The van der Waals surface area contributed by atoms with Gasteiger partial charge in [-0.1, -0.05) is 48.2 Å². The van der Waals surface area contributed by atoms with E-state index in [-0.39, 0.29) is 28.9 Å². The second-order valence-electron chi connectivity index (χ2n) is 6.11. The zero-order valence-corrected chi connectivity index (χ0v) is 16.2. The normalized spacial score (nSPS) is 18.2. The predicted molar refractivity (Wildman–Crippen MR) is 112 cm³/mol. The summed E-state index contributed by atoms with van der Waals surface area (Å²) < 4.78 is 0. The Kier molecular flexibility index (Phi) is 6.35. The molecule has 1 atom stereocenters. The van der Waals surface area contributed by atoms with Crippen LogP contribution in [0.3, 0.4) is 0 Å². The molecular formula is C19H17N5O4S. The number of nitro groups is 1. The molecule has 0 radical (unpaired) electrons. The first kappa shape index (κ1) is 20.2. The topological polar surface area (TPSA) is 126 Å². The molecule has 2 N–H and O–H groups in total. The van der Waals surface area contributed by atoms with Gasteiger partial charge in [-0.2, -0.15) is 5.10 Å². The largest absolute Gasteiger partial charge is 0.325 e. The number of carbonyl (C=O) groups excluding carboxylic acids is 2. The number of amides is 2. The Morgan fingerprint density at radius 1 is 1.24 bits per heavy atom. The zero-order chi connectivity index (χ0) is 20.8. The van der Waals surface area contributed by atoms with E-state index in [0.717, 1.165) is 17.3 Å². The Hall–Kier alpha value is -3.53. The predicted octanol–water partition coefficient (Wildman–Crippen LogP) is 2.94. The monoisotopic (exact) mass is 411 g/mol. The van der Waals surface area contributed by atoms with Gasteiger partial charge in [0.2, 0.25) is 11.8 Å². The van der Waals surface area contributed by atoms with E-state index < -0.39 is 16.1 Å². The Morgan fingerprint density at radius 2 is 2.00 bits per heavy atom. The summed E-state index contributed by atoms with van der Waals surface area (Å²) in [5.41, 5.74) is 1.71. The van der Waals surface area contributed by atoms with Crippen LogP contribution in [0.2, 0.25) is 0 Å². The Morgan fingerprint density at radius 3 is 2.72 bits per heavy atom. The number of non-ortho nitro benzene ring substituents is 1. The van der Waals surface area contributed by atoms with E-state index in [1.807, 2.05) is 30.3 Å². The van der Waals surface area contributed by atoms with Crippen LogP contribution in [-0.4, -0.2) is 32.9 Å². The molecule has 1 fully saturated rings. The SMILES string of the molecule is C/C(=N\N=C1/NC(=O)CC(C(=O)Nc2cccc([N+](=O)[O-])c2)S1)c1ccccc1. The van der Waals surface area contributed by atoms with Gasteiger partial charge < -0.3 is 10.6 Å². The van der Waals surface area contributed by atoms with Gasteiger partial charge in [-0.15, -0.1) is 5.10 Å². The molecule has 0 aromatic heterocycles. The van der Waals surface area contributed by atoms with E-state index in [1.165, 1.54) is 18.2 Å². The van der Waals surface area contributed by atoms with Crippen LogP contribution in [-0.2, 0) is 9.59 Å². The standard InChI is InChI=1S/C19H17N5O4S/c1-12(13-6-3-2-4-7-13)22-23-19-21-17(25)11-16(29-19)18(26)20-14-8-5-9-15(10-14)24(27)28/h2-10,16H,11H2,1H3,(H,20,26)(H,21,23,25)/b22-12+. The molecule has 1 aliphatic rings. The molecule has 0 aliphatic carbocycles. The lowest BCUT2D eigenvalue weighted by atomic mass is 10.1. The van der Waals surface area contributed by atoms with Gasteiger partial charge in [0.15, 0.2) is 5.17 Å². The Labute approximate surface area is 170 Å². The van der Waals surface area contributed by atoms with Gasteiger partial charge in [-0.3, -0.25) is 19.7 Å². The fourth-order valence-electron chi connectivity index (χ4n) is 2.52. The number of carbonyl (C=O) groups is 2. The number of nitrogens with one attached hydrogen (secondary N) is 2. The minimum Gasteiger partial charge on any atom is -0.325 e. The number of hydrogen-bond acceptors (Lipinski definition) is 7.